The van der Waals surface area contributed by atoms with E-state index in [0.29, 0.717) is 12.2 Å². The number of carbonyl (C=O) groups is 1. The lowest BCUT2D eigenvalue weighted by atomic mass is 10.1. The second kappa shape index (κ2) is 5.01. The minimum Gasteiger partial charge on any atom is -0.478 e. The summed E-state index contributed by atoms with van der Waals surface area (Å²) in [7, 11) is 0. The van der Waals surface area contributed by atoms with Crippen molar-refractivity contribution in [3.8, 4) is 0 Å². The molecule has 1 aromatic carbocycles. The topological polar surface area (TPSA) is 88.2 Å². The molecule has 2 rings (SSSR count). The number of hydrogen-bond acceptors (Lipinski definition) is 5. The molecular formula is C11H10FN3O2S. The van der Waals surface area contributed by atoms with E-state index in [2.05, 4.69) is 10.3 Å². The van der Waals surface area contributed by atoms with Crippen molar-refractivity contribution in [2.75, 3.05) is 11.1 Å². The highest BCUT2D eigenvalue weighted by Gasteiger charge is 2.13. The van der Waals surface area contributed by atoms with Crippen LogP contribution in [0.15, 0.2) is 23.7 Å². The fourth-order valence-corrected chi connectivity index (χ4v) is 1.97. The first kappa shape index (κ1) is 12.3. The maximum atomic E-state index is 13.5. The standard InChI is InChI=1S/C11H10FN3O2S/c12-7-4-9(8(13)3-6(7)11(16)17)15-5-10-14-1-2-18-10/h1-4,15H,5,13H2,(H,16,17). The molecule has 0 spiro atoms. The number of nitrogen functional groups attached to an aromatic ring is 1. The Morgan fingerprint density at radius 2 is 2.33 bits per heavy atom. The molecular weight excluding hydrogens is 257 g/mol. The summed E-state index contributed by atoms with van der Waals surface area (Å²) in [5.41, 5.74) is 5.76. The third-order valence-electron chi connectivity index (χ3n) is 2.28. The minimum atomic E-state index is -1.34. The van der Waals surface area contributed by atoms with Crippen LogP contribution in [0, 0.1) is 5.82 Å². The SMILES string of the molecule is Nc1cc(C(=O)O)c(F)cc1NCc1nccs1. The van der Waals surface area contributed by atoms with Crippen molar-refractivity contribution in [1.29, 1.82) is 0 Å². The molecule has 0 radical (unpaired) electrons. The van der Waals surface area contributed by atoms with Gasteiger partial charge in [0.2, 0.25) is 0 Å². The van der Waals surface area contributed by atoms with Crippen molar-refractivity contribution < 1.29 is 14.3 Å². The van der Waals surface area contributed by atoms with Crippen LogP contribution in [0.1, 0.15) is 15.4 Å². The maximum absolute atomic E-state index is 13.5. The van der Waals surface area contributed by atoms with E-state index in [-0.39, 0.29) is 5.69 Å². The molecule has 18 heavy (non-hydrogen) atoms. The second-order valence-electron chi connectivity index (χ2n) is 3.50. The summed E-state index contributed by atoms with van der Waals surface area (Å²) in [6, 6.07) is 2.17. The highest BCUT2D eigenvalue weighted by atomic mass is 32.1. The molecule has 4 N–H and O–H groups in total. The Morgan fingerprint density at radius 1 is 1.56 bits per heavy atom. The third kappa shape index (κ3) is 2.57. The number of thiazole rings is 1. The molecule has 0 atom stereocenters. The summed E-state index contributed by atoms with van der Waals surface area (Å²) in [5, 5.41) is 14.3. The van der Waals surface area contributed by atoms with Gasteiger partial charge >= 0.3 is 5.97 Å². The number of carboxylic acids is 1. The van der Waals surface area contributed by atoms with E-state index in [9.17, 15) is 9.18 Å². The van der Waals surface area contributed by atoms with Gasteiger partial charge in [0.25, 0.3) is 0 Å². The van der Waals surface area contributed by atoms with Gasteiger partial charge in [0.05, 0.1) is 23.5 Å². The number of aromatic nitrogens is 1. The first-order chi connectivity index (χ1) is 8.58. The summed E-state index contributed by atoms with van der Waals surface area (Å²) < 4.78 is 13.5. The molecule has 7 heteroatoms. The van der Waals surface area contributed by atoms with E-state index in [1.165, 1.54) is 11.3 Å². The molecule has 0 aliphatic carbocycles. The van der Waals surface area contributed by atoms with Gasteiger partial charge in [-0.2, -0.15) is 0 Å². The van der Waals surface area contributed by atoms with Crippen LogP contribution in [0.4, 0.5) is 15.8 Å². The molecule has 0 saturated heterocycles. The molecule has 94 valence electrons. The Labute approximate surface area is 106 Å². The van der Waals surface area contributed by atoms with Crippen molar-refractivity contribution in [3.63, 3.8) is 0 Å². The number of nitrogens with two attached hydrogens (primary N) is 1. The monoisotopic (exact) mass is 267 g/mol. The number of hydrogen-bond donors (Lipinski definition) is 3. The summed E-state index contributed by atoms with van der Waals surface area (Å²) in [5.74, 6) is -2.16. The van der Waals surface area contributed by atoms with Crippen LogP contribution in [0.5, 0.6) is 0 Å². The highest BCUT2D eigenvalue weighted by Crippen LogP contribution is 2.23. The zero-order chi connectivity index (χ0) is 13.1. The minimum absolute atomic E-state index is 0.186. The van der Waals surface area contributed by atoms with Gasteiger partial charge in [0.15, 0.2) is 0 Å². The van der Waals surface area contributed by atoms with E-state index in [4.69, 9.17) is 10.8 Å². The quantitative estimate of drug-likeness (QED) is 0.739. The average molecular weight is 267 g/mol. The summed E-state index contributed by atoms with van der Waals surface area (Å²) >= 11 is 1.46. The fourth-order valence-electron chi connectivity index (χ4n) is 1.42. The van der Waals surface area contributed by atoms with Crippen LogP contribution in [0.2, 0.25) is 0 Å². The molecule has 1 heterocycles. The molecule has 0 saturated carbocycles. The van der Waals surface area contributed by atoms with Gasteiger partial charge in [-0.3, -0.25) is 0 Å². The predicted octanol–water partition coefficient (Wildman–Crippen LogP) is 2.17. The van der Waals surface area contributed by atoms with Crippen molar-refractivity contribution in [1.82, 2.24) is 4.98 Å². The summed E-state index contributed by atoms with van der Waals surface area (Å²) in [4.78, 5) is 14.8. The Balaban J connectivity index is 2.19. The second-order valence-corrected chi connectivity index (χ2v) is 4.48. The molecule has 0 amide bonds. The Bertz CT molecular complexity index is 572. The highest BCUT2D eigenvalue weighted by molar-refractivity contribution is 7.09. The lowest BCUT2D eigenvalue weighted by Crippen LogP contribution is -2.07. The molecule has 1 aromatic heterocycles. The Kier molecular flexibility index (Phi) is 3.42. The Morgan fingerprint density at radius 3 is 2.94 bits per heavy atom. The van der Waals surface area contributed by atoms with Crippen molar-refractivity contribution in [3.05, 3.63) is 40.1 Å². The fraction of sp³-hybridized carbons (Fsp3) is 0.0909. The molecule has 2 aromatic rings. The van der Waals surface area contributed by atoms with Gasteiger partial charge in [0, 0.05) is 11.6 Å². The van der Waals surface area contributed by atoms with Gasteiger partial charge < -0.3 is 16.2 Å². The number of rotatable bonds is 4. The van der Waals surface area contributed by atoms with Crippen LogP contribution in [-0.4, -0.2) is 16.1 Å². The molecule has 0 aliphatic heterocycles. The van der Waals surface area contributed by atoms with Crippen molar-refractivity contribution in [2.45, 2.75) is 6.54 Å². The average Bonchev–Trinajstić information content (AvgIpc) is 2.82. The number of nitrogens with one attached hydrogen (secondary N) is 1. The normalized spacial score (nSPS) is 10.3. The number of halogens is 1. The largest absolute Gasteiger partial charge is 0.478 e. The van der Waals surface area contributed by atoms with E-state index < -0.39 is 17.3 Å². The molecule has 0 aliphatic rings. The van der Waals surface area contributed by atoms with Gasteiger partial charge in [0.1, 0.15) is 10.8 Å². The van der Waals surface area contributed by atoms with Crippen molar-refractivity contribution in [2.24, 2.45) is 0 Å². The van der Waals surface area contributed by atoms with Crippen LogP contribution < -0.4 is 11.1 Å². The maximum Gasteiger partial charge on any atom is 0.338 e. The number of anilines is 2. The van der Waals surface area contributed by atoms with E-state index in [0.717, 1.165) is 17.1 Å². The van der Waals surface area contributed by atoms with Crippen LogP contribution in [0.25, 0.3) is 0 Å². The summed E-state index contributed by atoms with van der Waals surface area (Å²) in [6.45, 7) is 0.410. The van der Waals surface area contributed by atoms with Gasteiger partial charge in [-0.1, -0.05) is 0 Å². The number of nitrogens with zero attached hydrogens (tertiary/aromatic N) is 1. The molecule has 0 unspecified atom stereocenters. The molecule has 0 bridgehead atoms. The van der Waals surface area contributed by atoms with Gasteiger partial charge in [-0.25, -0.2) is 14.2 Å². The predicted molar refractivity (Wildman–Crippen MR) is 67.2 cm³/mol. The lowest BCUT2D eigenvalue weighted by Gasteiger charge is -2.09. The lowest BCUT2D eigenvalue weighted by molar-refractivity contribution is 0.0692. The smallest absolute Gasteiger partial charge is 0.338 e. The zero-order valence-electron chi connectivity index (χ0n) is 9.18. The van der Waals surface area contributed by atoms with Crippen LogP contribution in [0.3, 0.4) is 0 Å². The first-order valence-corrected chi connectivity index (χ1v) is 5.90. The van der Waals surface area contributed by atoms with E-state index >= 15 is 0 Å². The van der Waals surface area contributed by atoms with Crippen LogP contribution in [-0.2, 0) is 6.54 Å². The van der Waals surface area contributed by atoms with Gasteiger partial charge in [-0.15, -0.1) is 11.3 Å². The van der Waals surface area contributed by atoms with Crippen LogP contribution >= 0.6 is 11.3 Å². The number of carboxylic acid groups (broad SMARTS) is 1. The summed E-state index contributed by atoms with van der Waals surface area (Å²) in [6.07, 6.45) is 1.67. The third-order valence-corrected chi connectivity index (χ3v) is 3.06. The zero-order valence-corrected chi connectivity index (χ0v) is 10.00. The number of aromatic carboxylic acids is 1. The number of benzene rings is 1. The first-order valence-electron chi connectivity index (χ1n) is 5.02. The van der Waals surface area contributed by atoms with E-state index in [1.54, 1.807) is 6.20 Å². The van der Waals surface area contributed by atoms with Crippen molar-refractivity contribution >= 4 is 28.7 Å². The molecule has 0 fully saturated rings. The Hall–Kier alpha value is -2.15. The van der Waals surface area contributed by atoms with Gasteiger partial charge in [-0.05, 0) is 12.1 Å². The molecule has 5 nitrogen and oxygen atoms in total. The van der Waals surface area contributed by atoms with E-state index in [1.807, 2.05) is 5.38 Å².